The van der Waals surface area contributed by atoms with Crippen molar-refractivity contribution in [2.45, 2.75) is 51.2 Å². The quantitative estimate of drug-likeness (QED) is 0.865. The molecule has 1 spiro atoms. The van der Waals surface area contributed by atoms with Crippen LogP contribution in [0, 0.1) is 6.92 Å². The number of ether oxygens (including phenoxy) is 1. The third-order valence-corrected chi connectivity index (χ3v) is 5.88. The predicted octanol–water partition coefficient (Wildman–Crippen LogP) is 2.81. The van der Waals surface area contributed by atoms with Crippen molar-refractivity contribution in [1.29, 1.82) is 0 Å². The minimum absolute atomic E-state index is 0.169. The molecule has 1 fully saturated rings. The van der Waals surface area contributed by atoms with Crippen LogP contribution in [0.2, 0.25) is 0 Å². The molecule has 1 saturated heterocycles. The lowest BCUT2D eigenvalue weighted by molar-refractivity contribution is -0.130. The summed E-state index contributed by atoms with van der Waals surface area (Å²) in [5, 5.41) is 3.12. The summed E-state index contributed by atoms with van der Waals surface area (Å²) in [5.74, 6) is 0.688. The van der Waals surface area contributed by atoms with E-state index in [0.29, 0.717) is 38.0 Å². The van der Waals surface area contributed by atoms with Crippen LogP contribution in [-0.2, 0) is 4.79 Å². The van der Waals surface area contributed by atoms with Gasteiger partial charge in [-0.3, -0.25) is 14.6 Å². The summed E-state index contributed by atoms with van der Waals surface area (Å²) in [4.78, 5) is 35.4. The van der Waals surface area contributed by atoms with Crippen molar-refractivity contribution in [2.24, 2.45) is 0 Å². The van der Waals surface area contributed by atoms with Crippen molar-refractivity contribution in [1.82, 2.24) is 20.2 Å². The van der Waals surface area contributed by atoms with Crippen LogP contribution in [0.4, 0.5) is 0 Å². The number of fused-ring (bicyclic) bond motifs is 1. The molecule has 29 heavy (non-hydrogen) atoms. The monoisotopic (exact) mass is 394 g/mol. The van der Waals surface area contributed by atoms with E-state index in [9.17, 15) is 9.59 Å². The fraction of sp³-hybridized carbons (Fsp3) is 0.455. The summed E-state index contributed by atoms with van der Waals surface area (Å²) in [6, 6.07) is 7.58. The Kier molecular flexibility index (Phi) is 5.22. The highest BCUT2D eigenvalue weighted by Gasteiger charge is 2.43. The topological polar surface area (TPSA) is 84.4 Å². The second-order valence-electron chi connectivity index (χ2n) is 7.82. The van der Waals surface area contributed by atoms with Crippen LogP contribution in [0.3, 0.4) is 0 Å². The molecule has 0 aliphatic carbocycles. The van der Waals surface area contributed by atoms with Gasteiger partial charge in [-0.25, -0.2) is 4.98 Å². The zero-order valence-electron chi connectivity index (χ0n) is 16.9. The maximum atomic E-state index is 12.8. The normalized spacial score (nSPS) is 23.9. The van der Waals surface area contributed by atoms with Gasteiger partial charge in [0.2, 0.25) is 5.91 Å². The van der Waals surface area contributed by atoms with Crippen molar-refractivity contribution in [3.8, 4) is 5.75 Å². The van der Waals surface area contributed by atoms with Crippen molar-refractivity contribution >= 4 is 11.8 Å². The fourth-order valence-electron chi connectivity index (χ4n) is 4.21. The molecule has 1 N–H and O–H groups in total. The van der Waals surface area contributed by atoms with Gasteiger partial charge < -0.3 is 15.0 Å². The molecule has 1 aromatic heterocycles. The third-order valence-electron chi connectivity index (χ3n) is 5.88. The Morgan fingerprint density at radius 1 is 1.28 bits per heavy atom. The average molecular weight is 394 g/mol. The van der Waals surface area contributed by atoms with Crippen molar-refractivity contribution in [3.63, 3.8) is 0 Å². The highest BCUT2D eigenvalue weighted by Crippen LogP contribution is 2.44. The Labute approximate surface area is 170 Å². The largest absolute Gasteiger partial charge is 0.487 e. The molecule has 2 unspecified atom stereocenters. The first-order chi connectivity index (χ1) is 14.0. The summed E-state index contributed by atoms with van der Waals surface area (Å²) in [6.45, 7) is 5.21. The van der Waals surface area contributed by atoms with Gasteiger partial charge in [-0.05, 0) is 26.3 Å². The van der Waals surface area contributed by atoms with Crippen molar-refractivity contribution in [2.75, 3.05) is 13.1 Å². The van der Waals surface area contributed by atoms with Crippen LogP contribution in [0.15, 0.2) is 36.7 Å². The van der Waals surface area contributed by atoms with Gasteiger partial charge in [0.15, 0.2) is 0 Å². The van der Waals surface area contributed by atoms with E-state index in [-0.39, 0.29) is 17.9 Å². The van der Waals surface area contributed by atoms with Gasteiger partial charge in [-0.2, -0.15) is 0 Å². The number of carbonyl (C=O) groups is 2. The summed E-state index contributed by atoms with van der Waals surface area (Å²) >= 11 is 0. The molecule has 2 amide bonds. The van der Waals surface area contributed by atoms with Gasteiger partial charge >= 0.3 is 0 Å². The molecule has 3 heterocycles. The fourth-order valence-corrected chi connectivity index (χ4v) is 4.21. The minimum Gasteiger partial charge on any atom is -0.487 e. The molecule has 1 aromatic carbocycles. The molecule has 4 rings (SSSR count). The van der Waals surface area contributed by atoms with E-state index < -0.39 is 5.60 Å². The highest BCUT2D eigenvalue weighted by atomic mass is 16.5. The zero-order valence-corrected chi connectivity index (χ0v) is 16.9. The molecule has 7 heteroatoms. The maximum absolute atomic E-state index is 12.8. The summed E-state index contributed by atoms with van der Waals surface area (Å²) in [6.07, 6.45) is 5.56. The second-order valence-corrected chi connectivity index (χ2v) is 7.82. The van der Waals surface area contributed by atoms with Gasteiger partial charge in [0.1, 0.15) is 17.0 Å². The number of para-hydroxylation sites is 1. The van der Waals surface area contributed by atoms with Gasteiger partial charge in [-0.1, -0.05) is 18.2 Å². The van der Waals surface area contributed by atoms with E-state index in [2.05, 4.69) is 15.3 Å². The molecule has 2 atom stereocenters. The Balaban J connectivity index is 1.60. The van der Waals surface area contributed by atoms with E-state index in [1.54, 1.807) is 6.20 Å². The van der Waals surface area contributed by atoms with E-state index in [1.165, 1.54) is 6.20 Å². The van der Waals surface area contributed by atoms with Gasteiger partial charge in [0, 0.05) is 44.1 Å². The van der Waals surface area contributed by atoms with Gasteiger partial charge in [-0.15, -0.1) is 0 Å². The predicted molar refractivity (Wildman–Crippen MR) is 107 cm³/mol. The molecule has 2 aliphatic heterocycles. The standard InChI is InChI=1S/C22H26N4O3/c1-3-26-11-10-22(9-8-20(26)27)12-17(16-6-4-5-7-19(16)29-22)25-21(28)18-14-23-15(2)13-24-18/h4-7,13-14,17H,3,8-12H2,1-2H3,(H,25,28). The molecule has 0 saturated carbocycles. The number of nitrogens with zero attached hydrogens (tertiary/aromatic N) is 3. The number of benzene rings is 1. The number of nitrogens with one attached hydrogen (secondary N) is 1. The Hall–Kier alpha value is -2.96. The van der Waals surface area contributed by atoms with E-state index in [1.807, 2.05) is 43.0 Å². The molecule has 2 aliphatic rings. The van der Waals surface area contributed by atoms with Crippen molar-refractivity contribution in [3.05, 3.63) is 53.6 Å². The number of likely N-dealkylation sites (tertiary alicyclic amines) is 1. The average Bonchev–Trinajstić information content (AvgIpc) is 2.87. The SMILES string of the molecule is CCN1CCC2(CCC1=O)CC(NC(=O)c1cnc(C)cn1)c1ccccc1O2. The van der Waals surface area contributed by atoms with Crippen LogP contribution in [0.1, 0.15) is 60.4 Å². The van der Waals surface area contributed by atoms with Crippen LogP contribution < -0.4 is 10.1 Å². The number of hydrogen-bond donors (Lipinski definition) is 1. The number of amides is 2. The minimum atomic E-state index is -0.467. The smallest absolute Gasteiger partial charge is 0.271 e. The molecule has 2 aromatic rings. The number of carbonyl (C=O) groups excluding carboxylic acids is 2. The third kappa shape index (κ3) is 3.95. The molecule has 0 radical (unpaired) electrons. The Morgan fingerprint density at radius 2 is 2.10 bits per heavy atom. The number of hydrogen-bond acceptors (Lipinski definition) is 5. The van der Waals surface area contributed by atoms with E-state index in [4.69, 9.17) is 4.74 Å². The first-order valence-corrected chi connectivity index (χ1v) is 10.1. The number of aryl methyl sites for hydroxylation is 1. The summed E-state index contributed by atoms with van der Waals surface area (Å²) < 4.78 is 6.46. The molecular weight excluding hydrogens is 368 g/mol. The number of rotatable bonds is 3. The molecule has 7 nitrogen and oxygen atoms in total. The van der Waals surface area contributed by atoms with E-state index >= 15 is 0 Å². The summed E-state index contributed by atoms with van der Waals surface area (Å²) in [7, 11) is 0. The number of aromatic nitrogens is 2. The van der Waals surface area contributed by atoms with Crippen LogP contribution in [0.25, 0.3) is 0 Å². The van der Waals surface area contributed by atoms with Crippen LogP contribution in [0.5, 0.6) is 5.75 Å². The van der Waals surface area contributed by atoms with Crippen molar-refractivity contribution < 1.29 is 14.3 Å². The molecule has 152 valence electrons. The van der Waals surface area contributed by atoms with Gasteiger partial charge in [0.25, 0.3) is 5.91 Å². The summed E-state index contributed by atoms with van der Waals surface area (Å²) in [5.41, 5.74) is 1.54. The molecular formula is C22H26N4O3. The lowest BCUT2D eigenvalue weighted by Crippen LogP contribution is -2.46. The zero-order chi connectivity index (χ0) is 20.4. The van der Waals surface area contributed by atoms with Crippen LogP contribution in [-0.4, -0.2) is 45.4 Å². The van der Waals surface area contributed by atoms with E-state index in [0.717, 1.165) is 23.4 Å². The molecule has 0 bridgehead atoms. The lowest BCUT2D eigenvalue weighted by Gasteiger charge is -2.42. The first kappa shape index (κ1) is 19.4. The second kappa shape index (κ2) is 7.81. The first-order valence-electron chi connectivity index (χ1n) is 10.1. The Bertz CT molecular complexity index is 915. The Morgan fingerprint density at radius 3 is 2.86 bits per heavy atom. The van der Waals surface area contributed by atoms with Crippen LogP contribution >= 0.6 is 0 Å². The maximum Gasteiger partial charge on any atom is 0.271 e. The highest BCUT2D eigenvalue weighted by molar-refractivity contribution is 5.92. The van der Waals surface area contributed by atoms with Gasteiger partial charge in [0.05, 0.1) is 17.9 Å². The lowest BCUT2D eigenvalue weighted by atomic mass is 9.82.